The Hall–Kier alpha value is -3.22. The van der Waals surface area contributed by atoms with Crippen molar-refractivity contribution in [1.82, 2.24) is 19.7 Å². The third kappa shape index (κ3) is 3.70. The summed E-state index contributed by atoms with van der Waals surface area (Å²) in [4.78, 5) is 15.3. The van der Waals surface area contributed by atoms with Gasteiger partial charge in [-0.05, 0) is 30.3 Å². The van der Waals surface area contributed by atoms with E-state index in [1.165, 1.54) is 0 Å². The second-order valence-corrected chi connectivity index (χ2v) is 4.73. The Bertz CT molecular complexity index is 767. The molecule has 0 saturated carbocycles. The van der Waals surface area contributed by atoms with Gasteiger partial charge in [-0.2, -0.15) is 0 Å². The average Bonchev–Trinajstić information content (AvgIpc) is 3.12. The van der Waals surface area contributed by atoms with Gasteiger partial charge in [0, 0.05) is 30.6 Å². The van der Waals surface area contributed by atoms with E-state index in [1.54, 1.807) is 66.6 Å². The molecule has 0 saturated heterocycles. The van der Waals surface area contributed by atoms with Crippen LogP contribution in [-0.4, -0.2) is 25.7 Å². The van der Waals surface area contributed by atoms with Gasteiger partial charge in [0.2, 0.25) is 11.8 Å². The summed E-state index contributed by atoms with van der Waals surface area (Å²) in [5.41, 5.74) is 0.728. The molecule has 0 aliphatic carbocycles. The predicted octanol–water partition coefficient (Wildman–Crippen LogP) is 2.80. The van der Waals surface area contributed by atoms with Crippen LogP contribution < -0.4 is 10.1 Å². The maximum atomic E-state index is 11.3. The number of hydrogen-bond donors (Lipinski definition) is 1. The molecule has 1 N–H and O–H groups in total. The SMILES string of the molecule is CCC(=O)Nc1ccc(Oc2ccc(-n3ccnc3)nn2)cc1. The number of hydrogen-bond acceptors (Lipinski definition) is 5. The maximum absolute atomic E-state index is 11.3. The summed E-state index contributed by atoms with van der Waals surface area (Å²) in [6.07, 6.45) is 5.55. The summed E-state index contributed by atoms with van der Waals surface area (Å²) in [7, 11) is 0. The van der Waals surface area contributed by atoms with Crippen molar-refractivity contribution in [3.63, 3.8) is 0 Å². The van der Waals surface area contributed by atoms with Crippen molar-refractivity contribution in [1.29, 1.82) is 0 Å². The molecular weight excluding hydrogens is 294 g/mol. The van der Waals surface area contributed by atoms with Crippen LogP contribution in [0.15, 0.2) is 55.1 Å². The number of ether oxygens (including phenoxy) is 1. The van der Waals surface area contributed by atoms with Gasteiger partial charge in [0.15, 0.2) is 5.82 Å². The Morgan fingerprint density at radius 3 is 2.61 bits per heavy atom. The molecule has 0 bridgehead atoms. The number of imidazole rings is 1. The number of amides is 1. The quantitative estimate of drug-likeness (QED) is 0.783. The van der Waals surface area contributed by atoms with Crippen LogP contribution in [0.3, 0.4) is 0 Å². The first-order valence-electron chi connectivity index (χ1n) is 7.14. The minimum atomic E-state index is -0.0281. The van der Waals surface area contributed by atoms with Crippen molar-refractivity contribution in [2.75, 3.05) is 5.32 Å². The number of nitrogens with zero attached hydrogens (tertiary/aromatic N) is 4. The summed E-state index contributed by atoms with van der Waals surface area (Å²) in [6.45, 7) is 1.80. The number of anilines is 1. The Morgan fingerprint density at radius 1 is 1.17 bits per heavy atom. The zero-order valence-corrected chi connectivity index (χ0v) is 12.5. The summed E-state index contributed by atoms with van der Waals surface area (Å²) in [5.74, 6) is 1.63. The zero-order valence-electron chi connectivity index (χ0n) is 12.5. The summed E-state index contributed by atoms with van der Waals surface area (Å²) in [6, 6.07) is 10.6. The molecule has 2 aromatic heterocycles. The highest BCUT2D eigenvalue weighted by Crippen LogP contribution is 2.21. The number of carbonyl (C=O) groups excluding carboxylic acids is 1. The van der Waals surface area contributed by atoms with Gasteiger partial charge in [-0.1, -0.05) is 6.92 Å². The Labute approximate surface area is 133 Å². The molecule has 0 radical (unpaired) electrons. The lowest BCUT2D eigenvalue weighted by Gasteiger charge is -2.07. The standard InChI is InChI=1S/C16H15N5O2/c1-2-15(22)18-12-3-5-13(6-4-12)23-16-8-7-14(19-20-16)21-10-9-17-11-21/h3-11H,2H2,1H3,(H,18,22). The van der Waals surface area contributed by atoms with Gasteiger partial charge < -0.3 is 10.1 Å². The van der Waals surface area contributed by atoms with E-state index in [9.17, 15) is 4.79 Å². The Kier molecular flexibility index (Phi) is 4.28. The van der Waals surface area contributed by atoms with Crippen molar-refractivity contribution in [2.45, 2.75) is 13.3 Å². The van der Waals surface area contributed by atoms with Crippen molar-refractivity contribution >= 4 is 11.6 Å². The van der Waals surface area contributed by atoms with Gasteiger partial charge >= 0.3 is 0 Å². The molecule has 7 nitrogen and oxygen atoms in total. The van der Waals surface area contributed by atoms with Crippen LogP contribution in [-0.2, 0) is 4.79 Å². The lowest BCUT2D eigenvalue weighted by molar-refractivity contribution is -0.115. The molecule has 0 unspecified atom stereocenters. The number of rotatable bonds is 5. The Morgan fingerprint density at radius 2 is 2.00 bits per heavy atom. The van der Waals surface area contributed by atoms with Crippen LogP contribution in [0, 0.1) is 0 Å². The van der Waals surface area contributed by atoms with Gasteiger partial charge in [-0.3, -0.25) is 9.36 Å². The van der Waals surface area contributed by atoms with E-state index in [1.807, 2.05) is 0 Å². The molecular formula is C16H15N5O2. The molecule has 1 aromatic carbocycles. The van der Waals surface area contributed by atoms with Crippen molar-refractivity contribution in [3.05, 3.63) is 55.1 Å². The third-order valence-electron chi connectivity index (χ3n) is 3.08. The number of aromatic nitrogens is 4. The van der Waals surface area contributed by atoms with Gasteiger partial charge in [0.25, 0.3) is 0 Å². The minimum absolute atomic E-state index is 0.0281. The molecule has 7 heteroatoms. The highest BCUT2D eigenvalue weighted by molar-refractivity contribution is 5.90. The minimum Gasteiger partial charge on any atom is -0.438 e. The fraction of sp³-hybridized carbons (Fsp3) is 0.125. The van der Waals surface area contributed by atoms with Crippen molar-refractivity contribution in [3.8, 4) is 17.4 Å². The molecule has 0 spiro atoms. The van der Waals surface area contributed by atoms with Crippen LogP contribution in [0.2, 0.25) is 0 Å². The first-order chi connectivity index (χ1) is 11.2. The first kappa shape index (κ1) is 14.7. The predicted molar refractivity (Wildman–Crippen MR) is 84.6 cm³/mol. The molecule has 3 rings (SSSR count). The molecule has 116 valence electrons. The largest absolute Gasteiger partial charge is 0.438 e. The Balaban J connectivity index is 1.66. The smallest absolute Gasteiger partial charge is 0.238 e. The van der Waals surface area contributed by atoms with Gasteiger partial charge in [-0.15, -0.1) is 10.2 Å². The lowest BCUT2D eigenvalue weighted by Crippen LogP contribution is -2.09. The molecule has 23 heavy (non-hydrogen) atoms. The van der Waals surface area contributed by atoms with Crippen molar-refractivity contribution in [2.24, 2.45) is 0 Å². The van der Waals surface area contributed by atoms with Crippen LogP contribution >= 0.6 is 0 Å². The molecule has 0 aliphatic rings. The maximum Gasteiger partial charge on any atom is 0.238 e. The van der Waals surface area contributed by atoms with E-state index in [2.05, 4.69) is 20.5 Å². The second kappa shape index (κ2) is 6.69. The van der Waals surface area contributed by atoms with Gasteiger partial charge in [0.05, 0.1) is 0 Å². The second-order valence-electron chi connectivity index (χ2n) is 4.73. The fourth-order valence-corrected chi connectivity index (χ4v) is 1.88. The van der Waals surface area contributed by atoms with E-state index in [0.29, 0.717) is 23.9 Å². The van der Waals surface area contributed by atoms with E-state index in [0.717, 1.165) is 5.69 Å². The van der Waals surface area contributed by atoms with Crippen LogP contribution in [0.25, 0.3) is 5.82 Å². The molecule has 1 amide bonds. The van der Waals surface area contributed by atoms with E-state index >= 15 is 0 Å². The van der Waals surface area contributed by atoms with Crippen LogP contribution in [0.1, 0.15) is 13.3 Å². The highest BCUT2D eigenvalue weighted by atomic mass is 16.5. The highest BCUT2D eigenvalue weighted by Gasteiger charge is 2.03. The number of carbonyl (C=O) groups is 1. The fourth-order valence-electron chi connectivity index (χ4n) is 1.88. The number of benzene rings is 1. The van der Waals surface area contributed by atoms with E-state index < -0.39 is 0 Å². The molecule has 0 fully saturated rings. The molecule has 0 aliphatic heterocycles. The van der Waals surface area contributed by atoms with E-state index in [-0.39, 0.29) is 5.91 Å². The first-order valence-corrected chi connectivity index (χ1v) is 7.14. The van der Waals surface area contributed by atoms with Crippen LogP contribution in [0.5, 0.6) is 11.6 Å². The third-order valence-corrected chi connectivity index (χ3v) is 3.08. The molecule has 3 aromatic rings. The van der Waals surface area contributed by atoms with Gasteiger partial charge in [-0.25, -0.2) is 4.98 Å². The van der Waals surface area contributed by atoms with Crippen LogP contribution in [0.4, 0.5) is 5.69 Å². The van der Waals surface area contributed by atoms with E-state index in [4.69, 9.17) is 4.74 Å². The summed E-state index contributed by atoms with van der Waals surface area (Å²) < 4.78 is 7.38. The zero-order chi connectivity index (χ0) is 16.1. The normalized spacial score (nSPS) is 10.3. The van der Waals surface area contributed by atoms with Gasteiger partial charge in [0.1, 0.15) is 12.1 Å². The monoisotopic (exact) mass is 309 g/mol. The van der Waals surface area contributed by atoms with Crippen molar-refractivity contribution < 1.29 is 9.53 Å². The summed E-state index contributed by atoms with van der Waals surface area (Å²) >= 11 is 0. The topological polar surface area (TPSA) is 81.9 Å². The molecule has 2 heterocycles. The lowest BCUT2D eigenvalue weighted by atomic mass is 10.3. The molecule has 0 atom stereocenters. The summed E-state index contributed by atoms with van der Waals surface area (Å²) in [5, 5.41) is 10.9. The number of nitrogens with one attached hydrogen (secondary N) is 1. The average molecular weight is 309 g/mol.